The van der Waals surface area contributed by atoms with Crippen LogP contribution in [0.15, 0.2) is 12.1 Å². The predicted molar refractivity (Wildman–Crippen MR) is 83.6 cm³/mol. The average Bonchev–Trinajstić information content (AvgIpc) is 2.43. The van der Waals surface area contributed by atoms with Crippen molar-refractivity contribution in [1.82, 2.24) is 0 Å². The molecule has 0 aromatic heterocycles. The number of carbonyl (C=O) groups is 1. The summed E-state index contributed by atoms with van der Waals surface area (Å²) in [7, 11) is 0. The molecule has 1 aromatic rings. The summed E-state index contributed by atoms with van der Waals surface area (Å²) in [5.74, 6) is 0.635. The molecule has 0 amide bonds. The lowest BCUT2D eigenvalue weighted by Gasteiger charge is -2.14. The Labute approximate surface area is 131 Å². The van der Waals surface area contributed by atoms with Gasteiger partial charge in [0.1, 0.15) is 0 Å². The van der Waals surface area contributed by atoms with Crippen LogP contribution in [-0.4, -0.2) is 24.3 Å². The molecule has 0 unspecified atom stereocenters. The lowest BCUT2D eigenvalue weighted by molar-refractivity contribution is -0.137. The standard InChI is InChI=1S/C16H23ClO4/c1-3-20-14-10-12(8-6-5-7-9-16(18)19)13(17)11-15(14)21-4-2/h10-11H,3-9H2,1-2H3,(H,18,19). The van der Waals surface area contributed by atoms with Gasteiger partial charge in [0.15, 0.2) is 11.5 Å². The van der Waals surface area contributed by atoms with Crippen molar-refractivity contribution < 1.29 is 19.4 Å². The molecule has 0 atom stereocenters. The molecule has 1 rings (SSSR count). The molecule has 21 heavy (non-hydrogen) atoms. The molecule has 0 saturated carbocycles. The Kier molecular flexibility index (Phi) is 7.98. The van der Waals surface area contributed by atoms with Gasteiger partial charge in [0.05, 0.1) is 13.2 Å². The number of unbranched alkanes of at least 4 members (excludes halogenated alkanes) is 2. The van der Waals surface area contributed by atoms with Crippen LogP contribution < -0.4 is 9.47 Å². The average molecular weight is 315 g/mol. The van der Waals surface area contributed by atoms with Crippen molar-refractivity contribution in [3.8, 4) is 11.5 Å². The van der Waals surface area contributed by atoms with Crippen molar-refractivity contribution in [3.05, 3.63) is 22.7 Å². The SMILES string of the molecule is CCOc1cc(Cl)c(CCCCCC(=O)O)cc1OCC. The summed E-state index contributed by atoms with van der Waals surface area (Å²) in [4.78, 5) is 10.5. The Morgan fingerprint density at radius 3 is 2.29 bits per heavy atom. The molecule has 1 N–H and O–H groups in total. The third-order valence-electron chi connectivity index (χ3n) is 3.05. The maximum atomic E-state index is 10.5. The summed E-state index contributed by atoms with van der Waals surface area (Å²) >= 11 is 6.27. The molecule has 118 valence electrons. The molecule has 0 aliphatic carbocycles. The zero-order valence-corrected chi connectivity index (χ0v) is 13.4. The third-order valence-corrected chi connectivity index (χ3v) is 3.40. The Morgan fingerprint density at radius 2 is 1.71 bits per heavy atom. The van der Waals surface area contributed by atoms with Crippen LogP contribution in [0.4, 0.5) is 0 Å². The first-order valence-electron chi connectivity index (χ1n) is 7.38. The Hall–Kier alpha value is -1.42. The first kappa shape index (κ1) is 17.6. The summed E-state index contributed by atoms with van der Waals surface area (Å²) in [6.45, 7) is 4.97. The van der Waals surface area contributed by atoms with E-state index in [1.165, 1.54) is 0 Å². The lowest BCUT2D eigenvalue weighted by atomic mass is 10.1. The summed E-state index contributed by atoms with van der Waals surface area (Å²) in [6.07, 6.45) is 3.51. The van der Waals surface area contributed by atoms with Gasteiger partial charge in [-0.15, -0.1) is 0 Å². The highest BCUT2D eigenvalue weighted by Crippen LogP contribution is 2.34. The minimum Gasteiger partial charge on any atom is -0.490 e. The molecule has 1 aromatic carbocycles. The first-order chi connectivity index (χ1) is 10.1. The van der Waals surface area contributed by atoms with Crippen molar-refractivity contribution in [2.24, 2.45) is 0 Å². The predicted octanol–water partition coefficient (Wildman–Crippen LogP) is 4.32. The number of aliphatic carboxylic acids is 1. The second kappa shape index (κ2) is 9.50. The van der Waals surface area contributed by atoms with Crippen molar-refractivity contribution in [2.75, 3.05) is 13.2 Å². The van der Waals surface area contributed by atoms with E-state index in [0.29, 0.717) is 36.2 Å². The van der Waals surface area contributed by atoms with Crippen molar-refractivity contribution in [2.45, 2.75) is 46.0 Å². The second-order valence-electron chi connectivity index (χ2n) is 4.71. The van der Waals surface area contributed by atoms with Crippen molar-refractivity contribution in [3.63, 3.8) is 0 Å². The molecule has 0 aliphatic rings. The van der Waals surface area contributed by atoms with Gasteiger partial charge in [-0.2, -0.15) is 0 Å². The van der Waals surface area contributed by atoms with Crippen LogP contribution in [0.25, 0.3) is 0 Å². The Morgan fingerprint density at radius 1 is 1.10 bits per heavy atom. The van der Waals surface area contributed by atoms with E-state index in [-0.39, 0.29) is 6.42 Å². The highest BCUT2D eigenvalue weighted by atomic mass is 35.5. The Balaban J connectivity index is 2.64. The number of carboxylic acids is 1. The molecule has 0 fully saturated rings. The molecule has 0 radical (unpaired) electrons. The quantitative estimate of drug-likeness (QED) is 0.653. The van der Waals surface area contributed by atoms with Gasteiger partial charge in [0.25, 0.3) is 0 Å². The van der Waals surface area contributed by atoms with Crippen LogP contribution in [-0.2, 0) is 11.2 Å². The summed E-state index contributed by atoms with van der Waals surface area (Å²) in [5.41, 5.74) is 1.01. The maximum absolute atomic E-state index is 10.5. The monoisotopic (exact) mass is 314 g/mol. The zero-order chi connectivity index (χ0) is 15.7. The minimum atomic E-state index is -0.743. The fourth-order valence-corrected chi connectivity index (χ4v) is 2.32. The molecule has 4 nitrogen and oxygen atoms in total. The zero-order valence-electron chi connectivity index (χ0n) is 12.7. The van der Waals surface area contributed by atoms with E-state index in [9.17, 15) is 4.79 Å². The fourth-order valence-electron chi connectivity index (χ4n) is 2.07. The fraction of sp³-hybridized carbons (Fsp3) is 0.562. The van der Waals surface area contributed by atoms with E-state index in [1.54, 1.807) is 6.07 Å². The van der Waals surface area contributed by atoms with E-state index in [0.717, 1.165) is 24.8 Å². The first-order valence-corrected chi connectivity index (χ1v) is 7.76. The third kappa shape index (κ3) is 6.25. The largest absolute Gasteiger partial charge is 0.490 e. The smallest absolute Gasteiger partial charge is 0.303 e. The number of benzene rings is 1. The molecule has 0 bridgehead atoms. The van der Waals surface area contributed by atoms with E-state index in [4.69, 9.17) is 26.2 Å². The van der Waals surface area contributed by atoms with E-state index >= 15 is 0 Å². The van der Waals surface area contributed by atoms with E-state index < -0.39 is 5.97 Å². The van der Waals surface area contributed by atoms with Crippen LogP contribution in [0.3, 0.4) is 0 Å². The summed E-state index contributed by atoms with van der Waals surface area (Å²) in [6, 6.07) is 3.72. The van der Waals surface area contributed by atoms with Gasteiger partial charge in [-0.1, -0.05) is 18.0 Å². The van der Waals surface area contributed by atoms with Gasteiger partial charge < -0.3 is 14.6 Å². The molecular formula is C16H23ClO4. The van der Waals surface area contributed by atoms with Crippen LogP contribution in [0.1, 0.15) is 45.1 Å². The number of carboxylic acid groups (broad SMARTS) is 1. The maximum Gasteiger partial charge on any atom is 0.303 e. The van der Waals surface area contributed by atoms with E-state index in [1.807, 2.05) is 19.9 Å². The number of ether oxygens (including phenoxy) is 2. The number of rotatable bonds is 10. The molecular weight excluding hydrogens is 292 g/mol. The lowest BCUT2D eigenvalue weighted by Crippen LogP contribution is -2.00. The van der Waals surface area contributed by atoms with Crippen molar-refractivity contribution >= 4 is 17.6 Å². The molecule has 0 heterocycles. The normalized spacial score (nSPS) is 10.4. The molecule has 5 heteroatoms. The van der Waals surface area contributed by atoms with Crippen molar-refractivity contribution in [1.29, 1.82) is 0 Å². The molecule has 0 aliphatic heterocycles. The van der Waals surface area contributed by atoms with Crippen LogP contribution >= 0.6 is 11.6 Å². The van der Waals surface area contributed by atoms with Gasteiger partial charge in [0, 0.05) is 17.5 Å². The number of halogens is 1. The van der Waals surface area contributed by atoms with Gasteiger partial charge in [0.2, 0.25) is 0 Å². The number of aryl methyl sites for hydroxylation is 1. The Bertz CT molecular complexity index is 460. The van der Waals surface area contributed by atoms with Crippen LogP contribution in [0.5, 0.6) is 11.5 Å². The van der Waals surface area contributed by atoms with Crippen LogP contribution in [0.2, 0.25) is 5.02 Å². The highest BCUT2D eigenvalue weighted by molar-refractivity contribution is 6.31. The van der Waals surface area contributed by atoms with Gasteiger partial charge >= 0.3 is 5.97 Å². The van der Waals surface area contributed by atoms with Gasteiger partial charge in [-0.05, 0) is 44.7 Å². The number of hydrogen-bond donors (Lipinski definition) is 1. The minimum absolute atomic E-state index is 0.223. The van der Waals surface area contributed by atoms with E-state index in [2.05, 4.69) is 0 Å². The second-order valence-corrected chi connectivity index (χ2v) is 5.12. The summed E-state index contributed by atoms with van der Waals surface area (Å²) in [5, 5.41) is 9.27. The highest BCUT2D eigenvalue weighted by Gasteiger charge is 2.11. The van der Waals surface area contributed by atoms with Gasteiger partial charge in [-0.25, -0.2) is 0 Å². The molecule has 0 saturated heterocycles. The summed E-state index contributed by atoms with van der Waals surface area (Å²) < 4.78 is 11.1. The topological polar surface area (TPSA) is 55.8 Å². The molecule has 0 spiro atoms. The number of hydrogen-bond acceptors (Lipinski definition) is 3. The van der Waals surface area contributed by atoms with Crippen LogP contribution in [0, 0.1) is 0 Å². The van der Waals surface area contributed by atoms with Gasteiger partial charge in [-0.3, -0.25) is 4.79 Å².